The van der Waals surface area contributed by atoms with Gasteiger partial charge in [-0.1, -0.05) is 25.6 Å². The minimum Gasteiger partial charge on any atom is -0.469 e. The van der Waals surface area contributed by atoms with Crippen molar-refractivity contribution in [2.24, 2.45) is 0 Å². The monoisotopic (exact) mass is 376 g/mol. The van der Waals surface area contributed by atoms with Crippen molar-refractivity contribution in [3.05, 3.63) is 29.6 Å². The van der Waals surface area contributed by atoms with Crippen LogP contribution in [0.2, 0.25) is 19.6 Å². The summed E-state index contributed by atoms with van der Waals surface area (Å²) < 4.78 is 9.20. The first-order chi connectivity index (χ1) is 12.2. The highest BCUT2D eigenvalue weighted by Crippen LogP contribution is 2.06. The summed E-state index contributed by atoms with van der Waals surface area (Å²) in [6, 6.07) is 2.30. The maximum absolute atomic E-state index is 12.3. The molecule has 7 nitrogen and oxygen atoms in total. The molecule has 0 saturated heterocycles. The predicted octanol–water partition coefficient (Wildman–Crippen LogP) is 1.54. The third-order valence-electron chi connectivity index (χ3n) is 3.25. The van der Waals surface area contributed by atoms with E-state index in [0.717, 1.165) is 0 Å². The van der Waals surface area contributed by atoms with E-state index in [4.69, 9.17) is 0 Å². The summed E-state index contributed by atoms with van der Waals surface area (Å²) in [5.74, 6) is 1.41. The number of pyridine rings is 1. The maximum Gasteiger partial charge on any atom is 0.328 e. The second-order valence-corrected chi connectivity index (χ2v) is 11.3. The van der Waals surface area contributed by atoms with Crippen molar-refractivity contribution < 1.29 is 23.9 Å². The van der Waals surface area contributed by atoms with Crippen molar-refractivity contribution in [3.63, 3.8) is 0 Å². The van der Waals surface area contributed by atoms with Crippen molar-refractivity contribution in [1.82, 2.24) is 10.3 Å². The van der Waals surface area contributed by atoms with Gasteiger partial charge in [0.15, 0.2) is 0 Å². The van der Waals surface area contributed by atoms with Crippen LogP contribution in [0.15, 0.2) is 18.3 Å². The first kappa shape index (κ1) is 21.4. The smallest absolute Gasteiger partial charge is 0.328 e. The number of esters is 2. The lowest BCUT2D eigenvalue weighted by atomic mass is 10.1. The van der Waals surface area contributed by atoms with Gasteiger partial charge in [-0.25, -0.2) is 9.78 Å². The normalized spacial score (nSPS) is 11.6. The Morgan fingerprint density at radius 2 is 1.88 bits per heavy atom. The molecule has 0 saturated carbocycles. The number of hydrogen-bond donors (Lipinski definition) is 1. The number of hydrogen-bond acceptors (Lipinski definition) is 6. The molecule has 0 aliphatic heterocycles. The molecule has 1 atom stereocenters. The van der Waals surface area contributed by atoms with Crippen LogP contribution in [0.1, 0.15) is 28.9 Å². The van der Waals surface area contributed by atoms with Crippen molar-refractivity contribution in [2.45, 2.75) is 38.5 Å². The van der Waals surface area contributed by atoms with Crippen LogP contribution >= 0.6 is 0 Å². The van der Waals surface area contributed by atoms with Crippen LogP contribution in [0.3, 0.4) is 0 Å². The molecule has 1 N–H and O–H groups in total. The Labute approximate surface area is 154 Å². The molecule has 1 aromatic heterocycles. The molecular formula is C18H24N2O5Si. The Balaban J connectivity index is 2.80. The van der Waals surface area contributed by atoms with Crippen LogP contribution in [0, 0.1) is 11.5 Å². The van der Waals surface area contributed by atoms with E-state index >= 15 is 0 Å². The van der Waals surface area contributed by atoms with Gasteiger partial charge in [0.1, 0.15) is 19.8 Å². The van der Waals surface area contributed by atoms with Crippen LogP contribution in [0.25, 0.3) is 0 Å². The molecule has 0 fully saturated rings. The summed E-state index contributed by atoms with van der Waals surface area (Å²) >= 11 is 0. The van der Waals surface area contributed by atoms with Gasteiger partial charge in [0.25, 0.3) is 5.91 Å². The highest BCUT2D eigenvalue weighted by Gasteiger charge is 2.23. The van der Waals surface area contributed by atoms with E-state index in [2.05, 4.69) is 50.9 Å². The molecule has 0 aromatic carbocycles. The highest BCUT2D eigenvalue weighted by molar-refractivity contribution is 6.83. The summed E-state index contributed by atoms with van der Waals surface area (Å²) in [7, 11) is 0.966. The molecule has 8 heteroatoms. The number of amides is 1. The molecule has 1 amide bonds. The summed E-state index contributed by atoms with van der Waals surface area (Å²) in [5.41, 5.74) is 4.07. The number of carbonyl (C=O) groups excluding carboxylic acids is 3. The molecule has 0 unspecified atom stereocenters. The summed E-state index contributed by atoms with van der Waals surface area (Å²) in [4.78, 5) is 39.5. The lowest BCUT2D eigenvalue weighted by molar-refractivity contribution is -0.144. The summed E-state index contributed by atoms with van der Waals surface area (Å²) in [6.45, 7) is 6.38. The standard InChI is InChI=1S/C18H24N2O5Si/c1-24-16(21)9-8-15(18(23)25-2)20-17(22)13-6-7-14(19-12-13)10-11-26(3,4)5/h6-7,12,15H,8-9H2,1-5H3,(H,20,22)/t15-/m0/s1. The Morgan fingerprint density at radius 1 is 1.19 bits per heavy atom. The lowest BCUT2D eigenvalue weighted by Gasteiger charge is -2.15. The molecule has 26 heavy (non-hydrogen) atoms. The van der Waals surface area contributed by atoms with Gasteiger partial charge in [-0.15, -0.1) is 5.54 Å². The van der Waals surface area contributed by atoms with Gasteiger partial charge in [0.2, 0.25) is 0 Å². The first-order valence-electron chi connectivity index (χ1n) is 8.11. The largest absolute Gasteiger partial charge is 0.469 e. The van der Waals surface area contributed by atoms with Crippen LogP contribution in [-0.4, -0.2) is 51.2 Å². The Bertz CT molecular complexity index is 714. The summed E-state index contributed by atoms with van der Waals surface area (Å²) in [5, 5.41) is 2.55. The quantitative estimate of drug-likeness (QED) is 0.460. The average molecular weight is 376 g/mol. The fourth-order valence-electron chi connectivity index (χ4n) is 1.85. The molecule has 1 heterocycles. The lowest BCUT2D eigenvalue weighted by Crippen LogP contribution is -2.41. The van der Waals surface area contributed by atoms with Gasteiger partial charge in [0.05, 0.1) is 19.8 Å². The molecule has 0 radical (unpaired) electrons. The third kappa shape index (κ3) is 7.48. The number of nitrogens with one attached hydrogen (secondary N) is 1. The van der Waals surface area contributed by atoms with E-state index in [0.29, 0.717) is 5.69 Å². The Kier molecular flexibility index (Phi) is 8.00. The molecule has 0 spiro atoms. The summed E-state index contributed by atoms with van der Waals surface area (Å²) in [6.07, 6.45) is 1.47. The number of rotatable bonds is 6. The van der Waals surface area contributed by atoms with Gasteiger partial charge in [0, 0.05) is 12.6 Å². The van der Waals surface area contributed by atoms with Crippen molar-refractivity contribution in [2.75, 3.05) is 14.2 Å². The molecule has 1 aromatic rings. The molecule has 0 bridgehead atoms. The average Bonchev–Trinajstić information content (AvgIpc) is 2.61. The van der Waals surface area contributed by atoms with Crippen LogP contribution < -0.4 is 5.32 Å². The number of aromatic nitrogens is 1. The number of methoxy groups -OCH3 is 2. The van der Waals surface area contributed by atoms with E-state index in [1.807, 2.05) is 0 Å². The zero-order valence-corrected chi connectivity index (χ0v) is 16.7. The van der Waals surface area contributed by atoms with E-state index in [-0.39, 0.29) is 18.4 Å². The van der Waals surface area contributed by atoms with Gasteiger partial charge in [-0.2, -0.15) is 0 Å². The van der Waals surface area contributed by atoms with Crippen LogP contribution in [0.4, 0.5) is 0 Å². The second kappa shape index (κ2) is 9.72. The Hall–Kier alpha value is -2.66. The van der Waals surface area contributed by atoms with Crippen molar-refractivity contribution in [3.8, 4) is 11.5 Å². The van der Waals surface area contributed by atoms with Gasteiger partial charge in [-0.3, -0.25) is 9.59 Å². The van der Waals surface area contributed by atoms with E-state index < -0.39 is 32.0 Å². The van der Waals surface area contributed by atoms with Gasteiger partial charge >= 0.3 is 11.9 Å². The van der Waals surface area contributed by atoms with Crippen molar-refractivity contribution >= 4 is 25.9 Å². The number of ether oxygens (including phenoxy) is 2. The molecule has 1 rings (SSSR count). The van der Waals surface area contributed by atoms with Crippen LogP contribution in [0.5, 0.6) is 0 Å². The predicted molar refractivity (Wildman–Crippen MR) is 99.0 cm³/mol. The number of carbonyl (C=O) groups is 3. The van der Waals surface area contributed by atoms with Crippen LogP contribution in [-0.2, 0) is 19.1 Å². The zero-order chi connectivity index (χ0) is 19.7. The zero-order valence-electron chi connectivity index (χ0n) is 15.7. The topological polar surface area (TPSA) is 94.6 Å². The van der Waals surface area contributed by atoms with Gasteiger partial charge < -0.3 is 14.8 Å². The minimum absolute atomic E-state index is 0.0139. The number of nitrogens with zero attached hydrogens (tertiary/aromatic N) is 1. The molecule has 140 valence electrons. The first-order valence-corrected chi connectivity index (χ1v) is 11.6. The molecule has 0 aliphatic rings. The molecule has 0 aliphatic carbocycles. The van der Waals surface area contributed by atoms with Gasteiger partial charge in [-0.05, 0) is 18.6 Å². The SMILES string of the molecule is COC(=O)CC[C@H](NC(=O)c1ccc(C#C[Si](C)(C)C)nc1)C(=O)OC. The third-order valence-corrected chi connectivity index (χ3v) is 4.12. The molecular weight excluding hydrogens is 352 g/mol. The fourth-order valence-corrected chi connectivity index (χ4v) is 2.35. The second-order valence-electron chi connectivity index (χ2n) is 6.60. The van der Waals surface area contributed by atoms with E-state index in [1.165, 1.54) is 20.4 Å². The highest BCUT2D eigenvalue weighted by atomic mass is 28.3. The fraction of sp³-hybridized carbons (Fsp3) is 0.444. The van der Waals surface area contributed by atoms with E-state index in [1.54, 1.807) is 12.1 Å². The van der Waals surface area contributed by atoms with E-state index in [9.17, 15) is 14.4 Å². The Morgan fingerprint density at radius 3 is 2.38 bits per heavy atom. The maximum atomic E-state index is 12.3. The van der Waals surface area contributed by atoms with Crippen molar-refractivity contribution in [1.29, 1.82) is 0 Å². The minimum atomic E-state index is -1.51.